The Kier molecular flexibility index (Phi) is 14.4. The molecule has 3 atom stereocenters. The lowest BCUT2D eigenvalue weighted by Crippen LogP contribution is -2.40. The maximum absolute atomic E-state index is 9.76. The van der Waals surface area contributed by atoms with Crippen LogP contribution in [-0.2, 0) is 4.79 Å². The summed E-state index contributed by atoms with van der Waals surface area (Å²) in [5.41, 5.74) is 0. The van der Waals surface area contributed by atoms with Crippen LogP contribution in [0.25, 0.3) is 0 Å². The molecule has 0 spiro atoms. The van der Waals surface area contributed by atoms with Crippen molar-refractivity contribution < 1.29 is 40.3 Å². The minimum atomic E-state index is -1.64. The fraction of sp³-hybridized carbons (Fsp3) is 0.900. The van der Waals surface area contributed by atoms with E-state index in [-0.39, 0.29) is 18.4 Å². The predicted molar refractivity (Wildman–Crippen MR) is 64.8 cm³/mol. The lowest BCUT2D eigenvalue weighted by molar-refractivity contribution is -0.870. The average molecular weight is 272 g/mol. The first kappa shape index (κ1) is 22.6. The van der Waals surface area contributed by atoms with E-state index in [4.69, 9.17) is 25.5 Å². The van der Waals surface area contributed by atoms with E-state index in [1.807, 2.05) is 0 Å². The van der Waals surface area contributed by atoms with Gasteiger partial charge in [0, 0.05) is 0 Å². The van der Waals surface area contributed by atoms with Crippen molar-refractivity contribution in [3.63, 3.8) is 0 Å². The Balaban J connectivity index is -0.000000251. The maximum atomic E-state index is 9.76. The number of aliphatic hydroxyl groups excluding tert-OH is 5. The van der Waals surface area contributed by atoms with Crippen LogP contribution in [0.5, 0.6) is 0 Å². The molecule has 0 amide bonds. The fourth-order valence-electron chi connectivity index (χ4n) is 0.716. The molecule has 112 valence electrons. The highest BCUT2D eigenvalue weighted by molar-refractivity contribution is 5.56. The second kappa shape index (κ2) is 11.5. The van der Waals surface area contributed by atoms with Crippen LogP contribution in [0.2, 0.25) is 0 Å². The third kappa shape index (κ3) is 13.5. The summed E-state index contributed by atoms with van der Waals surface area (Å²) in [6.45, 7) is 0.426. The van der Waals surface area contributed by atoms with Crippen molar-refractivity contribution in [1.82, 2.24) is 0 Å². The Hall–Kier alpha value is -0.610. The smallest absolute Gasteiger partial charge is 0.151 e. The molecule has 0 aromatic carbocycles. The summed E-state index contributed by atoms with van der Waals surface area (Å²) in [4.78, 5) is 9.76. The maximum Gasteiger partial charge on any atom is 0.151 e. The van der Waals surface area contributed by atoms with E-state index in [0.717, 1.165) is 11.0 Å². The summed E-state index contributed by atoms with van der Waals surface area (Å²) in [7, 11) is 6.16. The van der Waals surface area contributed by atoms with E-state index in [2.05, 4.69) is 21.1 Å². The van der Waals surface area contributed by atoms with Crippen molar-refractivity contribution in [1.29, 1.82) is 0 Å². The SMILES string of the molecule is C[N+](C)(C)CCO.O.O=CC(O)C(O)C(O)CO. The number of aliphatic hydroxyl groups is 5. The van der Waals surface area contributed by atoms with Gasteiger partial charge in [-0.1, -0.05) is 0 Å². The van der Waals surface area contributed by atoms with Gasteiger partial charge in [-0.25, -0.2) is 0 Å². The summed E-state index contributed by atoms with van der Waals surface area (Å²) < 4.78 is 0.844. The molecule has 0 aliphatic heterocycles. The van der Waals surface area contributed by atoms with Gasteiger partial charge < -0.3 is 40.3 Å². The number of hydrogen-bond donors (Lipinski definition) is 5. The normalized spacial score (nSPS) is 15.6. The number of nitrogens with zero attached hydrogens (tertiary/aromatic N) is 1. The lowest BCUT2D eigenvalue weighted by atomic mass is 10.1. The van der Waals surface area contributed by atoms with Gasteiger partial charge in [-0.2, -0.15) is 0 Å². The first-order valence-electron chi connectivity index (χ1n) is 5.21. The first-order chi connectivity index (χ1) is 7.69. The number of hydrogen-bond acceptors (Lipinski definition) is 6. The molecule has 0 saturated heterocycles. The van der Waals surface area contributed by atoms with Gasteiger partial charge in [0.25, 0.3) is 0 Å². The Morgan fingerprint density at radius 1 is 1.11 bits per heavy atom. The molecule has 3 unspecified atom stereocenters. The lowest BCUT2D eigenvalue weighted by Gasteiger charge is -2.21. The molecule has 0 aromatic heterocycles. The van der Waals surface area contributed by atoms with Crippen LogP contribution in [0.15, 0.2) is 0 Å². The summed E-state index contributed by atoms with van der Waals surface area (Å²) in [5, 5.41) is 42.4. The molecule has 0 aliphatic carbocycles. The summed E-state index contributed by atoms with van der Waals surface area (Å²) in [5.74, 6) is 0. The van der Waals surface area contributed by atoms with Gasteiger partial charge in [0.15, 0.2) is 6.29 Å². The largest absolute Gasteiger partial charge is 0.412 e. The van der Waals surface area contributed by atoms with E-state index in [1.165, 1.54) is 0 Å². The summed E-state index contributed by atoms with van der Waals surface area (Å²) in [6.07, 6.45) is -4.63. The molecule has 7 N–H and O–H groups in total. The number of quaternary nitrogens is 1. The topological polar surface area (TPSA) is 150 Å². The van der Waals surface area contributed by atoms with Crippen molar-refractivity contribution in [2.45, 2.75) is 18.3 Å². The van der Waals surface area contributed by atoms with E-state index in [1.54, 1.807) is 0 Å². The molecular formula is C10H26NO7+. The fourth-order valence-corrected chi connectivity index (χ4v) is 0.716. The molecular weight excluding hydrogens is 246 g/mol. The highest BCUT2D eigenvalue weighted by atomic mass is 16.4. The van der Waals surface area contributed by atoms with Crippen LogP contribution in [0.1, 0.15) is 0 Å². The number of carbonyl (C=O) groups excluding carboxylic acids is 1. The van der Waals surface area contributed by atoms with Crippen LogP contribution in [0, 0.1) is 0 Å². The molecule has 18 heavy (non-hydrogen) atoms. The predicted octanol–water partition coefficient (Wildman–Crippen LogP) is -3.88. The van der Waals surface area contributed by atoms with Crippen LogP contribution in [0.4, 0.5) is 0 Å². The van der Waals surface area contributed by atoms with E-state index < -0.39 is 24.9 Å². The number of carbonyl (C=O) groups is 1. The van der Waals surface area contributed by atoms with Crippen molar-refractivity contribution in [3.8, 4) is 0 Å². The molecule has 0 radical (unpaired) electrons. The number of rotatable bonds is 6. The molecule has 0 rings (SSSR count). The van der Waals surface area contributed by atoms with Crippen LogP contribution >= 0.6 is 0 Å². The van der Waals surface area contributed by atoms with E-state index >= 15 is 0 Å². The third-order valence-corrected chi connectivity index (χ3v) is 1.84. The van der Waals surface area contributed by atoms with Gasteiger partial charge >= 0.3 is 0 Å². The average Bonchev–Trinajstić information content (AvgIpc) is 2.25. The second-order valence-corrected chi connectivity index (χ2v) is 4.60. The zero-order chi connectivity index (χ0) is 14.1. The Morgan fingerprint density at radius 3 is 1.72 bits per heavy atom. The van der Waals surface area contributed by atoms with Gasteiger partial charge in [-0.05, 0) is 0 Å². The van der Waals surface area contributed by atoms with Crippen LogP contribution < -0.4 is 0 Å². The van der Waals surface area contributed by atoms with Gasteiger partial charge in [0.05, 0.1) is 34.4 Å². The Morgan fingerprint density at radius 2 is 1.56 bits per heavy atom. The zero-order valence-corrected chi connectivity index (χ0v) is 11.0. The quantitative estimate of drug-likeness (QED) is 0.246. The highest BCUT2D eigenvalue weighted by Gasteiger charge is 2.22. The first-order valence-corrected chi connectivity index (χ1v) is 5.21. The standard InChI is InChI=1S/C5H14NO.C5H10O5.H2O/c1-6(2,3)4-5-7;6-1-3(8)5(10)4(9)2-7;/h7H,4-5H2,1-3H3;1,3-5,7-10H,2H2;1H2/q+1;;. The molecule has 0 aromatic rings. The number of aldehydes is 1. The van der Waals surface area contributed by atoms with Crippen molar-refractivity contribution >= 4 is 6.29 Å². The van der Waals surface area contributed by atoms with Crippen molar-refractivity contribution in [2.24, 2.45) is 0 Å². The number of likely N-dealkylation sites (N-methyl/N-ethyl adjacent to an activating group) is 1. The minimum absolute atomic E-state index is 0. The second-order valence-electron chi connectivity index (χ2n) is 4.60. The summed E-state index contributed by atoms with van der Waals surface area (Å²) in [6, 6.07) is 0. The monoisotopic (exact) mass is 272 g/mol. The zero-order valence-electron chi connectivity index (χ0n) is 11.0. The molecule has 0 heterocycles. The molecule has 8 heteroatoms. The third-order valence-electron chi connectivity index (χ3n) is 1.84. The van der Waals surface area contributed by atoms with Gasteiger partial charge in [0.1, 0.15) is 24.9 Å². The van der Waals surface area contributed by atoms with Gasteiger partial charge in [0.2, 0.25) is 0 Å². The summed E-state index contributed by atoms with van der Waals surface area (Å²) >= 11 is 0. The molecule has 0 bridgehead atoms. The van der Waals surface area contributed by atoms with E-state index in [0.29, 0.717) is 0 Å². The Labute approximate surface area is 107 Å². The van der Waals surface area contributed by atoms with Crippen LogP contribution in [-0.4, -0.2) is 101 Å². The van der Waals surface area contributed by atoms with Crippen LogP contribution in [0.3, 0.4) is 0 Å². The minimum Gasteiger partial charge on any atom is -0.412 e. The van der Waals surface area contributed by atoms with Gasteiger partial charge in [-0.15, -0.1) is 0 Å². The highest BCUT2D eigenvalue weighted by Crippen LogP contribution is 1.96. The molecule has 0 saturated carbocycles. The Bertz CT molecular complexity index is 195. The van der Waals surface area contributed by atoms with Crippen molar-refractivity contribution in [3.05, 3.63) is 0 Å². The van der Waals surface area contributed by atoms with Crippen molar-refractivity contribution in [2.75, 3.05) is 40.9 Å². The molecule has 0 aliphatic rings. The van der Waals surface area contributed by atoms with E-state index in [9.17, 15) is 4.79 Å². The molecule has 0 fully saturated rings. The van der Waals surface area contributed by atoms with Gasteiger partial charge in [-0.3, -0.25) is 0 Å². The molecule has 8 nitrogen and oxygen atoms in total.